The van der Waals surface area contributed by atoms with Gasteiger partial charge in [-0.3, -0.25) is 4.79 Å². The van der Waals surface area contributed by atoms with Crippen molar-refractivity contribution in [2.75, 3.05) is 5.75 Å². The highest BCUT2D eigenvalue weighted by molar-refractivity contribution is 8.00. The third-order valence-corrected chi connectivity index (χ3v) is 5.73. The number of carbonyl (C=O) groups is 1. The molecule has 2 nitrogen and oxygen atoms in total. The van der Waals surface area contributed by atoms with E-state index in [-0.39, 0.29) is 5.78 Å². The second-order valence-corrected chi connectivity index (χ2v) is 7.52. The first-order valence-corrected chi connectivity index (χ1v) is 9.50. The first kappa shape index (κ1) is 17.8. The van der Waals surface area contributed by atoms with Gasteiger partial charge in [0.1, 0.15) is 0 Å². The van der Waals surface area contributed by atoms with Crippen molar-refractivity contribution in [1.82, 2.24) is 4.57 Å². The summed E-state index contributed by atoms with van der Waals surface area (Å²) < 4.78 is 2.13. The van der Waals surface area contributed by atoms with E-state index in [1.54, 1.807) is 0 Å². The van der Waals surface area contributed by atoms with Crippen LogP contribution >= 0.6 is 23.4 Å². The fraction of sp³-hybridized carbons (Fsp3) is 0.190. The van der Waals surface area contributed by atoms with Crippen molar-refractivity contribution in [2.24, 2.45) is 0 Å². The Morgan fingerprint density at radius 3 is 2.40 bits per heavy atom. The van der Waals surface area contributed by atoms with Gasteiger partial charge in [0.05, 0.1) is 10.8 Å². The molecule has 0 spiro atoms. The lowest BCUT2D eigenvalue weighted by Gasteiger charge is -2.10. The largest absolute Gasteiger partial charge is 0.318 e. The number of aromatic nitrogens is 1. The average molecular weight is 370 g/mol. The molecule has 0 unspecified atom stereocenters. The molecule has 4 heteroatoms. The number of carbonyl (C=O) groups excluding carboxylic acids is 1. The first-order valence-electron chi connectivity index (χ1n) is 8.14. The first-order chi connectivity index (χ1) is 12.0. The van der Waals surface area contributed by atoms with Gasteiger partial charge in [0, 0.05) is 27.5 Å². The monoisotopic (exact) mass is 369 g/mol. The zero-order valence-corrected chi connectivity index (χ0v) is 16.1. The Morgan fingerprint density at radius 1 is 1.04 bits per heavy atom. The molecule has 0 aliphatic rings. The Hall–Kier alpha value is -1.97. The van der Waals surface area contributed by atoms with Crippen molar-refractivity contribution < 1.29 is 4.79 Å². The van der Waals surface area contributed by atoms with E-state index in [0.717, 1.165) is 27.5 Å². The molecular weight excluding hydrogens is 350 g/mol. The third kappa shape index (κ3) is 3.83. The van der Waals surface area contributed by atoms with E-state index < -0.39 is 0 Å². The predicted octanol–water partition coefficient (Wildman–Crippen LogP) is 6.03. The van der Waals surface area contributed by atoms with Crippen LogP contribution in [-0.2, 0) is 0 Å². The Morgan fingerprint density at radius 2 is 1.72 bits per heavy atom. The predicted molar refractivity (Wildman–Crippen MR) is 106 cm³/mol. The van der Waals surface area contributed by atoms with E-state index in [2.05, 4.69) is 35.8 Å². The Kier molecular flexibility index (Phi) is 5.36. The standard InChI is InChI=1S/C21H20ClNOS/c1-14-8-10-17(11-9-14)23-15(2)12-18(16(23)3)20(24)13-25-21-7-5-4-6-19(21)22/h4-12H,13H2,1-3H3. The number of hydrogen-bond donors (Lipinski definition) is 0. The number of hydrogen-bond acceptors (Lipinski definition) is 2. The van der Waals surface area contributed by atoms with Crippen LogP contribution in [0.5, 0.6) is 0 Å². The highest BCUT2D eigenvalue weighted by atomic mass is 35.5. The van der Waals surface area contributed by atoms with E-state index in [4.69, 9.17) is 11.6 Å². The van der Waals surface area contributed by atoms with Gasteiger partial charge in [0.25, 0.3) is 0 Å². The molecule has 0 saturated heterocycles. The lowest BCUT2D eigenvalue weighted by Crippen LogP contribution is -2.05. The summed E-state index contributed by atoms with van der Waals surface area (Å²) in [6.07, 6.45) is 0. The molecule has 3 rings (SSSR count). The molecule has 0 fully saturated rings. The number of nitrogens with zero attached hydrogens (tertiary/aromatic N) is 1. The maximum atomic E-state index is 12.7. The molecular formula is C21H20ClNOS. The van der Waals surface area contributed by atoms with Crippen LogP contribution in [0.25, 0.3) is 5.69 Å². The molecule has 0 amide bonds. The quantitative estimate of drug-likeness (QED) is 0.404. The van der Waals surface area contributed by atoms with Crippen molar-refractivity contribution in [3.05, 3.63) is 82.1 Å². The van der Waals surface area contributed by atoms with E-state index in [9.17, 15) is 4.79 Å². The summed E-state index contributed by atoms with van der Waals surface area (Å²) in [5, 5.41) is 0.686. The number of Topliss-reactive ketones (excluding diaryl/α,β-unsaturated/α-hetero) is 1. The highest BCUT2D eigenvalue weighted by Gasteiger charge is 2.17. The zero-order chi connectivity index (χ0) is 18.0. The third-order valence-electron chi connectivity index (χ3n) is 4.22. The second-order valence-electron chi connectivity index (χ2n) is 6.10. The maximum absolute atomic E-state index is 12.7. The molecule has 128 valence electrons. The number of rotatable bonds is 5. The fourth-order valence-electron chi connectivity index (χ4n) is 2.92. The highest BCUT2D eigenvalue weighted by Crippen LogP contribution is 2.28. The van der Waals surface area contributed by atoms with Crippen LogP contribution in [0.3, 0.4) is 0 Å². The summed E-state index contributed by atoms with van der Waals surface area (Å²) in [6.45, 7) is 6.10. The normalized spacial score (nSPS) is 10.9. The summed E-state index contributed by atoms with van der Waals surface area (Å²) >= 11 is 7.65. The second kappa shape index (κ2) is 7.51. The van der Waals surface area contributed by atoms with Crippen molar-refractivity contribution in [1.29, 1.82) is 0 Å². The summed E-state index contributed by atoms with van der Waals surface area (Å²) in [4.78, 5) is 13.7. The summed E-state index contributed by atoms with van der Waals surface area (Å²) in [6, 6.07) is 17.9. The van der Waals surface area contributed by atoms with Gasteiger partial charge in [-0.05, 0) is 51.1 Å². The molecule has 0 bridgehead atoms. The van der Waals surface area contributed by atoms with Gasteiger partial charge >= 0.3 is 0 Å². The number of benzene rings is 2. The van der Waals surface area contributed by atoms with Crippen LogP contribution in [0, 0.1) is 20.8 Å². The van der Waals surface area contributed by atoms with E-state index >= 15 is 0 Å². The summed E-state index contributed by atoms with van der Waals surface area (Å²) in [5.74, 6) is 0.499. The van der Waals surface area contributed by atoms with Crippen LogP contribution in [0.2, 0.25) is 5.02 Å². The van der Waals surface area contributed by atoms with E-state index in [1.165, 1.54) is 17.3 Å². The average Bonchev–Trinajstić information content (AvgIpc) is 2.89. The SMILES string of the molecule is Cc1ccc(-n2c(C)cc(C(=O)CSc3ccccc3Cl)c2C)cc1. The molecule has 0 N–H and O–H groups in total. The molecule has 0 aliphatic carbocycles. The Bertz CT molecular complexity index is 912. The summed E-state index contributed by atoms with van der Waals surface area (Å²) in [7, 11) is 0. The van der Waals surface area contributed by atoms with Gasteiger partial charge in [-0.25, -0.2) is 0 Å². The smallest absolute Gasteiger partial charge is 0.174 e. The van der Waals surface area contributed by atoms with Crippen molar-refractivity contribution in [3.8, 4) is 5.69 Å². The van der Waals surface area contributed by atoms with E-state index in [1.807, 2.05) is 44.2 Å². The van der Waals surface area contributed by atoms with Crippen molar-refractivity contribution >= 4 is 29.1 Å². The van der Waals surface area contributed by atoms with E-state index in [0.29, 0.717) is 10.8 Å². The van der Waals surface area contributed by atoms with Crippen LogP contribution in [0.15, 0.2) is 59.5 Å². The van der Waals surface area contributed by atoms with Crippen molar-refractivity contribution in [2.45, 2.75) is 25.7 Å². The Labute approximate surface area is 157 Å². The minimum atomic E-state index is 0.122. The fourth-order valence-corrected chi connectivity index (χ4v) is 4.04. The van der Waals surface area contributed by atoms with Gasteiger partial charge in [0.15, 0.2) is 5.78 Å². The molecule has 0 radical (unpaired) electrons. The van der Waals surface area contributed by atoms with Gasteiger partial charge in [-0.15, -0.1) is 11.8 Å². The minimum absolute atomic E-state index is 0.122. The molecule has 1 heterocycles. The maximum Gasteiger partial charge on any atom is 0.174 e. The molecule has 3 aromatic rings. The van der Waals surface area contributed by atoms with Gasteiger partial charge in [0.2, 0.25) is 0 Å². The zero-order valence-electron chi connectivity index (χ0n) is 14.5. The molecule has 0 saturated carbocycles. The van der Waals surface area contributed by atoms with Gasteiger partial charge in [-0.1, -0.05) is 41.4 Å². The minimum Gasteiger partial charge on any atom is -0.318 e. The molecule has 1 aromatic heterocycles. The van der Waals surface area contributed by atoms with Crippen LogP contribution in [0.4, 0.5) is 0 Å². The van der Waals surface area contributed by atoms with Crippen LogP contribution in [0.1, 0.15) is 27.3 Å². The Balaban J connectivity index is 1.83. The van der Waals surface area contributed by atoms with Crippen molar-refractivity contribution in [3.63, 3.8) is 0 Å². The summed E-state index contributed by atoms with van der Waals surface area (Å²) in [5.41, 5.74) is 5.12. The lowest BCUT2D eigenvalue weighted by atomic mass is 10.2. The molecule has 0 atom stereocenters. The lowest BCUT2D eigenvalue weighted by molar-refractivity contribution is 0.102. The number of ketones is 1. The number of aryl methyl sites for hydroxylation is 2. The molecule has 0 aliphatic heterocycles. The van der Waals surface area contributed by atoms with Gasteiger partial charge in [-0.2, -0.15) is 0 Å². The van der Waals surface area contributed by atoms with Gasteiger partial charge < -0.3 is 4.57 Å². The molecule has 25 heavy (non-hydrogen) atoms. The number of halogens is 1. The topological polar surface area (TPSA) is 22.0 Å². The number of thioether (sulfide) groups is 1. The molecule has 2 aromatic carbocycles. The van der Waals surface area contributed by atoms with Crippen LogP contribution in [-0.4, -0.2) is 16.1 Å². The van der Waals surface area contributed by atoms with Crippen LogP contribution < -0.4 is 0 Å².